The predicted octanol–water partition coefficient (Wildman–Crippen LogP) is 1.57. The van der Waals surface area contributed by atoms with Crippen molar-refractivity contribution in [1.82, 2.24) is 4.90 Å². The van der Waals surface area contributed by atoms with Gasteiger partial charge in [0.25, 0.3) is 0 Å². The summed E-state index contributed by atoms with van der Waals surface area (Å²) in [5.74, 6) is 1.16. The van der Waals surface area contributed by atoms with E-state index in [4.69, 9.17) is 19.3 Å². The van der Waals surface area contributed by atoms with Crippen molar-refractivity contribution in [3.05, 3.63) is 35.2 Å². The van der Waals surface area contributed by atoms with Crippen molar-refractivity contribution in [2.24, 2.45) is 0 Å². The molecule has 118 valence electrons. The molecule has 1 N–H and O–H groups in total. The number of rotatable bonds is 4. The average Bonchev–Trinajstić information content (AvgIpc) is 2.55. The molecule has 0 amide bonds. The van der Waals surface area contributed by atoms with Gasteiger partial charge in [-0.1, -0.05) is 6.07 Å². The Labute approximate surface area is 128 Å². The third-order valence-electron chi connectivity index (χ3n) is 3.81. The Kier molecular flexibility index (Phi) is 4.20. The second kappa shape index (κ2) is 6.27. The van der Waals surface area contributed by atoms with Crippen molar-refractivity contribution in [2.75, 3.05) is 32.9 Å². The minimum atomic E-state index is -0.994. The highest BCUT2D eigenvalue weighted by Crippen LogP contribution is 2.36. The van der Waals surface area contributed by atoms with Crippen LogP contribution < -0.4 is 9.47 Å². The largest absolute Gasteiger partial charge is 0.481 e. The third-order valence-corrected chi connectivity index (χ3v) is 3.81. The van der Waals surface area contributed by atoms with Gasteiger partial charge in [0.1, 0.15) is 11.5 Å². The van der Waals surface area contributed by atoms with Crippen LogP contribution in [-0.4, -0.2) is 48.9 Å². The first-order chi connectivity index (χ1) is 10.6. The number of morpholine rings is 1. The van der Waals surface area contributed by atoms with Gasteiger partial charge in [-0.3, -0.25) is 0 Å². The number of nitrogens with zero attached hydrogens (tertiary/aromatic N) is 1. The molecule has 0 unspecified atom stereocenters. The Balaban J connectivity index is 1.78. The molecule has 0 saturated carbocycles. The maximum atomic E-state index is 10.6. The summed E-state index contributed by atoms with van der Waals surface area (Å²) >= 11 is 0. The number of ether oxygens (including phenoxy) is 3. The van der Waals surface area contributed by atoms with Crippen LogP contribution in [0.5, 0.6) is 11.5 Å². The fraction of sp³-hybridized carbons (Fsp3) is 0.438. The molecule has 0 atom stereocenters. The summed E-state index contributed by atoms with van der Waals surface area (Å²) in [6.45, 7) is 4.57. The Morgan fingerprint density at radius 2 is 2.14 bits per heavy atom. The zero-order chi connectivity index (χ0) is 15.5. The van der Waals surface area contributed by atoms with E-state index in [9.17, 15) is 4.79 Å². The molecule has 1 aromatic carbocycles. The second-order valence-corrected chi connectivity index (χ2v) is 5.31. The molecule has 2 aliphatic rings. The van der Waals surface area contributed by atoms with Gasteiger partial charge >= 0.3 is 5.97 Å². The molecule has 1 aromatic rings. The number of benzene rings is 1. The molecule has 1 fully saturated rings. The summed E-state index contributed by atoms with van der Waals surface area (Å²) in [4.78, 5) is 12.8. The van der Waals surface area contributed by atoms with Crippen molar-refractivity contribution in [2.45, 2.75) is 13.3 Å². The van der Waals surface area contributed by atoms with Crippen molar-refractivity contribution in [3.63, 3.8) is 0 Å². The van der Waals surface area contributed by atoms with Gasteiger partial charge < -0.3 is 24.2 Å². The lowest BCUT2D eigenvalue weighted by molar-refractivity contribution is -0.139. The number of fused-ring (bicyclic) bond motifs is 1. The van der Waals surface area contributed by atoms with Crippen molar-refractivity contribution in [1.29, 1.82) is 0 Å². The molecule has 0 spiro atoms. The van der Waals surface area contributed by atoms with Crippen LogP contribution in [0.4, 0.5) is 0 Å². The van der Waals surface area contributed by atoms with Gasteiger partial charge in [-0.05, 0) is 31.1 Å². The number of allylic oxidation sites excluding steroid dienone is 1. The summed E-state index contributed by atoms with van der Waals surface area (Å²) in [6.07, 6.45) is 2.87. The van der Waals surface area contributed by atoms with Gasteiger partial charge in [-0.15, -0.1) is 0 Å². The quantitative estimate of drug-likeness (QED) is 0.910. The molecule has 22 heavy (non-hydrogen) atoms. The molecule has 0 aromatic heterocycles. The summed E-state index contributed by atoms with van der Waals surface area (Å²) in [7, 11) is 0. The Morgan fingerprint density at radius 3 is 2.86 bits per heavy atom. The first kappa shape index (κ1) is 14.7. The normalized spacial score (nSPS) is 17.3. The molecule has 1 saturated heterocycles. The second-order valence-electron chi connectivity index (χ2n) is 5.31. The molecular weight excluding hydrogens is 286 g/mol. The zero-order valence-corrected chi connectivity index (χ0v) is 12.5. The van der Waals surface area contributed by atoms with Crippen molar-refractivity contribution < 1.29 is 24.1 Å². The van der Waals surface area contributed by atoms with E-state index in [2.05, 4.69) is 11.0 Å². The van der Waals surface area contributed by atoms with Gasteiger partial charge in [0.05, 0.1) is 13.2 Å². The van der Waals surface area contributed by atoms with E-state index in [1.807, 2.05) is 13.0 Å². The third kappa shape index (κ3) is 3.01. The number of carboxylic acids is 1. The van der Waals surface area contributed by atoms with Crippen LogP contribution in [0.3, 0.4) is 0 Å². The molecule has 2 heterocycles. The van der Waals surface area contributed by atoms with E-state index in [0.717, 1.165) is 42.3 Å². The molecule has 0 aliphatic carbocycles. The first-order valence-corrected chi connectivity index (χ1v) is 7.33. The van der Waals surface area contributed by atoms with Crippen LogP contribution in [-0.2, 0) is 16.0 Å². The van der Waals surface area contributed by atoms with E-state index in [1.165, 1.54) is 0 Å². The van der Waals surface area contributed by atoms with Gasteiger partial charge in [0.15, 0.2) is 12.5 Å². The SMILES string of the molecule is Cc1c(OCC(=O)O)ccc2c1OC(N1CCOCC1)=CC2. The molecule has 2 aliphatic heterocycles. The minimum absolute atomic E-state index is 0.355. The van der Waals surface area contributed by atoms with Gasteiger partial charge in [-0.25, -0.2) is 4.79 Å². The van der Waals surface area contributed by atoms with Crippen LogP contribution in [0.1, 0.15) is 11.1 Å². The zero-order valence-electron chi connectivity index (χ0n) is 12.5. The summed E-state index contributed by atoms with van der Waals surface area (Å²) in [6, 6.07) is 3.72. The van der Waals surface area contributed by atoms with Crippen molar-refractivity contribution in [3.8, 4) is 11.5 Å². The summed E-state index contributed by atoms with van der Waals surface area (Å²) < 4.78 is 16.7. The Bertz CT molecular complexity index is 605. The highest BCUT2D eigenvalue weighted by Gasteiger charge is 2.22. The Hall–Kier alpha value is -2.21. The maximum absolute atomic E-state index is 10.6. The lowest BCUT2D eigenvalue weighted by atomic mass is 10.0. The minimum Gasteiger partial charge on any atom is -0.481 e. The van der Waals surface area contributed by atoms with E-state index >= 15 is 0 Å². The molecule has 3 rings (SSSR count). The fourth-order valence-corrected chi connectivity index (χ4v) is 2.65. The van der Waals surface area contributed by atoms with Crippen LogP contribution in [0, 0.1) is 6.92 Å². The van der Waals surface area contributed by atoms with Crippen LogP contribution in [0.2, 0.25) is 0 Å². The average molecular weight is 305 g/mol. The van der Waals surface area contributed by atoms with E-state index in [0.29, 0.717) is 19.0 Å². The van der Waals surface area contributed by atoms with Crippen LogP contribution >= 0.6 is 0 Å². The smallest absolute Gasteiger partial charge is 0.341 e. The summed E-state index contributed by atoms with van der Waals surface area (Å²) in [5, 5.41) is 8.73. The number of carbonyl (C=O) groups is 1. The molecule has 0 bridgehead atoms. The van der Waals surface area contributed by atoms with Crippen LogP contribution in [0.25, 0.3) is 0 Å². The van der Waals surface area contributed by atoms with E-state index < -0.39 is 5.97 Å². The topological polar surface area (TPSA) is 68.2 Å². The highest BCUT2D eigenvalue weighted by atomic mass is 16.5. The molecule has 6 nitrogen and oxygen atoms in total. The van der Waals surface area contributed by atoms with Gasteiger partial charge in [0.2, 0.25) is 0 Å². The first-order valence-electron chi connectivity index (χ1n) is 7.33. The predicted molar refractivity (Wildman–Crippen MR) is 79.1 cm³/mol. The fourth-order valence-electron chi connectivity index (χ4n) is 2.65. The van der Waals surface area contributed by atoms with Gasteiger partial charge in [0, 0.05) is 18.7 Å². The number of aliphatic carboxylic acids is 1. The molecule has 6 heteroatoms. The van der Waals surface area contributed by atoms with Gasteiger partial charge in [-0.2, -0.15) is 0 Å². The highest BCUT2D eigenvalue weighted by molar-refractivity contribution is 5.68. The van der Waals surface area contributed by atoms with Crippen molar-refractivity contribution >= 4 is 5.97 Å². The maximum Gasteiger partial charge on any atom is 0.341 e. The number of carboxylic acid groups (broad SMARTS) is 1. The summed E-state index contributed by atoms with van der Waals surface area (Å²) in [5.41, 5.74) is 1.91. The standard InChI is InChI=1S/C16H19NO5/c1-11-13(21-10-15(18)19)4-2-12-3-5-14(22-16(11)12)17-6-8-20-9-7-17/h2,4-5H,3,6-10H2,1H3,(H,18,19). The lowest BCUT2D eigenvalue weighted by Gasteiger charge is -2.33. The lowest BCUT2D eigenvalue weighted by Crippen LogP contribution is -2.38. The number of hydrogen-bond donors (Lipinski definition) is 1. The molecule has 0 radical (unpaired) electrons. The van der Waals surface area contributed by atoms with E-state index in [-0.39, 0.29) is 6.61 Å². The monoisotopic (exact) mass is 305 g/mol. The van der Waals surface area contributed by atoms with Crippen LogP contribution in [0.15, 0.2) is 24.1 Å². The number of hydrogen-bond acceptors (Lipinski definition) is 5. The van der Waals surface area contributed by atoms with E-state index in [1.54, 1.807) is 6.07 Å². The Morgan fingerprint density at radius 1 is 1.36 bits per heavy atom. The molecular formula is C16H19NO5.